The zero-order valence-corrected chi connectivity index (χ0v) is 15.1. The van der Waals surface area contributed by atoms with Crippen molar-refractivity contribution in [3.8, 4) is 22.8 Å². The van der Waals surface area contributed by atoms with Crippen LogP contribution in [0.1, 0.15) is 13.3 Å². The lowest BCUT2D eigenvalue weighted by Gasteiger charge is -2.14. The van der Waals surface area contributed by atoms with Crippen LogP contribution in [0, 0.1) is 0 Å². The summed E-state index contributed by atoms with van der Waals surface area (Å²) in [5.74, 6) is 0.519. The minimum absolute atomic E-state index is 0.0598. The van der Waals surface area contributed by atoms with E-state index in [-0.39, 0.29) is 28.8 Å². The molecule has 0 radical (unpaired) electrons. The average Bonchev–Trinajstić information content (AvgIpc) is 2.66. The quantitative estimate of drug-likeness (QED) is 0.529. The summed E-state index contributed by atoms with van der Waals surface area (Å²) in [6.07, 6.45) is 0.298. The fourth-order valence-electron chi connectivity index (χ4n) is 2.77. The number of ether oxygens (including phenoxy) is 1. The summed E-state index contributed by atoms with van der Waals surface area (Å²) in [6, 6.07) is 13.5. The Bertz CT molecular complexity index is 952. The number of aliphatic hydroxyl groups excluding tert-OH is 1. The highest BCUT2D eigenvalue weighted by atomic mass is 16.5. The van der Waals surface area contributed by atoms with Crippen molar-refractivity contribution >= 4 is 11.0 Å². The maximum Gasteiger partial charge on any atom is 0.197 e. The predicted octanol–water partition coefficient (Wildman–Crippen LogP) is 2.90. The molecule has 0 saturated heterocycles. The topological polar surface area (TPSA) is 91.9 Å². The van der Waals surface area contributed by atoms with E-state index < -0.39 is 6.10 Å². The summed E-state index contributed by atoms with van der Waals surface area (Å²) >= 11 is 0. The van der Waals surface area contributed by atoms with Gasteiger partial charge in [0.2, 0.25) is 0 Å². The molecule has 3 rings (SSSR count). The first-order valence-electron chi connectivity index (χ1n) is 8.96. The Morgan fingerprint density at radius 1 is 1.19 bits per heavy atom. The first-order valence-corrected chi connectivity index (χ1v) is 8.96. The SMILES string of the molecule is CCCNCC(O)COc1cc(O)c2c(=O)cc(-c3ccccc3)oc2c1. The molecule has 0 fully saturated rings. The Morgan fingerprint density at radius 3 is 2.70 bits per heavy atom. The molecule has 3 aromatic rings. The second-order valence-corrected chi connectivity index (χ2v) is 6.33. The van der Waals surface area contributed by atoms with Crippen molar-refractivity contribution in [2.24, 2.45) is 0 Å². The van der Waals surface area contributed by atoms with Gasteiger partial charge in [-0.2, -0.15) is 0 Å². The van der Waals surface area contributed by atoms with E-state index in [1.54, 1.807) is 6.07 Å². The highest BCUT2D eigenvalue weighted by Gasteiger charge is 2.13. The minimum Gasteiger partial charge on any atom is -0.507 e. The highest BCUT2D eigenvalue weighted by molar-refractivity contribution is 5.86. The highest BCUT2D eigenvalue weighted by Crippen LogP contribution is 2.31. The van der Waals surface area contributed by atoms with Crippen LogP contribution in [0.2, 0.25) is 0 Å². The lowest BCUT2D eigenvalue weighted by Crippen LogP contribution is -2.31. The smallest absolute Gasteiger partial charge is 0.197 e. The number of phenols is 1. The standard InChI is InChI=1S/C21H23NO5/c1-2-8-22-12-15(23)13-26-16-9-17(24)21-18(25)11-19(27-20(21)10-16)14-6-4-3-5-7-14/h3-7,9-11,15,22-24H,2,8,12-13H2,1H3. The Balaban J connectivity index is 1.85. The number of rotatable bonds is 8. The molecule has 0 bridgehead atoms. The van der Waals surface area contributed by atoms with Crippen molar-refractivity contribution in [1.82, 2.24) is 5.32 Å². The normalized spacial score (nSPS) is 12.2. The number of nitrogens with one attached hydrogen (secondary N) is 1. The zero-order chi connectivity index (χ0) is 19.2. The summed E-state index contributed by atoms with van der Waals surface area (Å²) in [5.41, 5.74) is 0.664. The van der Waals surface area contributed by atoms with Crippen molar-refractivity contribution in [1.29, 1.82) is 0 Å². The number of hydrogen-bond donors (Lipinski definition) is 3. The van der Waals surface area contributed by atoms with Crippen LogP contribution in [0.3, 0.4) is 0 Å². The first-order chi connectivity index (χ1) is 13.1. The Labute approximate surface area is 157 Å². The van der Waals surface area contributed by atoms with Crippen LogP contribution in [-0.4, -0.2) is 36.0 Å². The molecule has 0 spiro atoms. The lowest BCUT2D eigenvalue weighted by molar-refractivity contribution is 0.106. The molecule has 0 saturated carbocycles. The molecule has 0 amide bonds. The van der Waals surface area contributed by atoms with Crippen LogP contribution in [0.25, 0.3) is 22.3 Å². The van der Waals surface area contributed by atoms with E-state index in [0.29, 0.717) is 18.1 Å². The average molecular weight is 369 g/mol. The molecule has 27 heavy (non-hydrogen) atoms. The summed E-state index contributed by atoms with van der Waals surface area (Å²) in [7, 11) is 0. The van der Waals surface area contributed by atoms with Gasteiger partial charge in [-0.15, -0.1) is 0 Å². The first kappa shape index (κ1) is 18.9. The van der Waals surface area contributed by atoms with Crippen LogP contribution in [0.5, 0.6) is 11.5 Å². The van der Waals surface area contributed by atoms with Gasteiger partial charge in [-0.3, -0.25) is 4.79 Å². The molecule has 6 nitrogen and oxygen atoms in total. The number of fused-ring (bicyclic) bond motifs is 1. The Morgan fingerprint density at radius 2 is 1.96 bits per heavy atom. The molecule has 1 atom stereocenters. The lowest BCUT2D eigenvalue weighted by atomic mass is 10.1. The van der Waals surface area contributed by atoms with Gasteiger partial charge in [-0.25, -0.2) is 0 Å². The molecule has 0 aliphatic carbocycles. The summed E-state index contributed by atoms with van der Waals surface area (Å²) < 4.78 is 11.4. The third kappa shape index (κ3) is 4.67. The van der Waals surface area contributed by atoms with Crippen LogP contribution in [-0.2, 0) is 0 Å². The minimum atomic E-state index is -0.683. The summed E-state index contributed by atoms with van der Waals surface area (Å²) in [4.78, 5) is 12.4. The Hall–Kier alpha value is -2.83. The van der Waals surface area contributed by atoms with Gasteiger partial charge in [-0.05, 0) is 13.0 Å². The fourth-order valence-corrected chi connectivity index (χ4v) is 2.77. The van der Waals surface area contributed by atoms with E-state index in [2.05, 4.69) is 5.32 Å². The van der Waals surface area contributed by atoms with E-state index in [1.165, 1.54) is 12.1 Å². The molecule has 1 unspecified atom stereocenters. The van der Waals surface area contributed by atoms with Gasteiger partial charge < -0.3 is 24.7 Å². The van der Waals surface area contributed by atoms with Gasteiger partial charge in [0, 0.05) is 30.3 Å². The molecule has 2 aromatic carbocycles. The molecule has 6 heteroatoms. The molecule has 142 valence electrons. The van der Waals surface area contributed by atoms with Crippen molar-refractivity contribution in [2.75, 3.05) is 19.7 Å². The molecule has 0 aliphatic rings. The van der Waals surface area contributed by atoms with Gasteiger partial charge in [0.1, 0.15) is 40.9 Å². The van der Waals surface area contributed by atoms with Crippen LogP contribution < -0.4 is 15.5 Å². The zero-order valence-electron chi connectivity index (χ0n) is 15.1. The monoisotopic (exact) mass is 369 g/mol. The van der Waals surface area contributed by atoms with Gasteiger partial charge in [0.05, 0.1) is 0 Å². The van der Waals surface area contributed by atoms with E-state index in [0.717, 1.165) is 18.5 Å². The van der Waals surface area contributed by atoms with E-state index in [1.807, 2.05) is 37.3 Å². The molecule has 3 N–H and O–H groups in total. The van der Waals surface area contributed by atoms with E-state index in [4.69, 9.17) is 9.15 Å². The number of phenolic OH excluding ortho intramolecular Hbond substituents is 1. The van der Waals surface area contributed by atoms with E-state index >= 15 is 0 Å². The van der Waals surface area contributed by atoms with Crippen molar-refractivity contribution < 1.29 is 19.4 Å². The maximum absolute atomic E-state index is 12.4. The molecule has 1 aromatic heterocycles. The summed E-state index contributed by atoms with van der Waals surface area (Å²) in [6.45, 7) is 3.34. The van der Waals surface area contributed by atoms with Crippen molar-refractivity contribution in [3.05, 3.63) is 58.8 Å². The number of aromatic hydroxyl groups is 1. The molecule has 0 aliphatic heterocycles. The fraction of sp³-hybridized carbons (Fsp3) is 0.286. The van der Waals surface area contributed by atoms with Gasteiger partial charge in [0.25, 0.3) is 0 Å². The molecular weight excluding hydrogens is 346 g/mol. The van der Waals surface area contributed by atoms with Gasteiger partial charge in [-0.1, -0.05) is 37.3 Å². The second kappa shape index (κ2) is 8.70. The largest absolute Gasteiger partial charge is 0.507 e. The van der Waals surface area contributed by atoms with Crippen LogP contribution in [0.4, 0.5) is 0 Å². The molecule has 1 heterocycles. The van der Waals surface area contributed by atoms with Crippen molar-refractivity contribution in [3.63, 3.8) is 0 Å². The number of hydrogen-bond acceptors (Lipinski definition) is 6. The third-order valence-electron chi connectivity index (χ3n) is 4.09. The maximum atomic E-state index is 12.4. The third-order valence-corrected chi connectivity index (χ3v) is 4.09. The van der Waals surface area contributed by atoms with Gasteiger partial charge >= 0.3 is 0 Å². The Kier molecular flexibility index (Phi) is 6.11. The van der Waals surface area contributed by atoms with Gasteiger partial charge in [0.15, 0.2) is 5.43 Å². The van der Waals surface area contributed by atoms with Crippen molar-refractivity contribution in [2.45, 2.75) is 19.4 Å². The van der Waals surface area contributed by atoms with E-state index in [9.17, 15) is 15.0 Å². The number of aliphatic hydroxyl groups is 1. The van der Waals surface area contributed by atoms with Crippen LogP contribution in [0.15, 0.2) is 57.7 Å². The summed E-state index contributed by atoms with van der Waals surface area (Å²) in [5, 5.41) is 23.4. The number of benzene rings is 2. The van der Waals surface area contributed by atoms with Crippen LogP contribution >= 0.6 is 0 Å². The molecular formula is C21H23NO5. The second-order valence-electron chi connectivity index (χ2n) is 6.33. The predicted molar refractivity (Wildman–Crippen MR) is 104 cm³/mol.